The summed E-state index contributed by atoms with van der Waals surface area (Å²) in [5.41, 5.74) is -0.209. The number of nitrogens with zero attached hydrogens (tertiary/aromatic N) is 2. The van der Waals surface area contributed by atoms with E-state index < -0.39 is 5.82 Å². The fraction of sp³-hybridized carbons (Fsp3) is 0.455. The lowest BCUT2D eigenvalue weighted by Crippen LogP contribution is -2.37. The van der Waals surface area contributed by atoms with Crippen molar-refractivity contribution in [2.45, 2.75) is 0 Å². The molecule has 1 aliphatic rings. The van der Waals surface area contributed by atoms with Crippen molar-refractivity contribution in [2.24, 2.45) is 0 Å². The van der Waals surface area contributed by atoms with E-state index in [1.54, 1.807) is 0 Å². The lowest BCUT2D eigenvalue weighted by molar-refractivity contribution is 0.111. The second kappa shape index (κ2) is 5.49. The zero-order valence-electron chi connectivity index (χ0n) is 9.78. The maximum absolute atomic E-state index is 13.6. The lowest BCUT2D eigenvalue weighted by atomic mass is 10.2. The predicted octanol–water partition coefficient (Wildman–Crippen LogP) is 1.53. The smallest absolute Gasteiger partial charge is 0.174 e. The van der Waals surface area contributed by atoms with Crippen LogP contribution in [0.1, 0.15) is 10.4 Å². The SMILES string of the molecule is COc1c(N2CCOCC2)nc(Cl)c(F)c1C=O. The van der Waals surface area contributed by atoms with Crippen molar-refractivity contribution in [2.75, 3.05) is 38.3 Å². The number of morpholine rings is 1. The number of halogens is 2. The largest absolute Gasteiger partial charge is 0.492 e. The number of methoxy groups -OCH3 is 1. The first-order valence-corrected chi connectivity index (χ1v) is 5.77. The summed E-state index contributed by atoms with van der Waals surface area (Å²) in [6.07, 6.45) is 0.381. The highest BCUT2D eigenvalue weighted by molar-refractivity contribution is 6.30. The van der Waals surface area contributed by atoms with E-state index in [0.29, 0.717) is 38.4 Å². The Balaban J connectivity index is 2.51. The van der Waals surface area contributed by atoms with Crippen LogP contribution in [-0.4, -0.2) is 44.7 Å². The van der Waals surface area contributed by atoms with Gasteiger partial charge in [-0.05, 0) is 0 Å². The summed E-state index contributed by atoms with van der Waals surface area (Å²) in [6, 6.07) is 0. The van der Waals surface area contributed by atoms with E-state index in [2.05, 4.69) is 4.98 Å². The Kier molecular flexibility index (Phi) is 3.98. The topological polar surface area (TPSA) is 51.7 Å². The van der Waals surface area contributed by atoms with Crippen molar-refractivity contribution in [1.82, 2.24) is 4.98 Å². The fourth-order valence-corrected chi connectivity index (χ4v) is 2.00. The molecular weight excluding hydrogens is 263 g/mol. The first-order chi connectivity index (χ1) is 8.69. The fourth-order valence-electron chi connectivity index (χ4n) is 1.82. The molecule has 0 saturated carbocycles. The number of carbonyl (C=O) groups is 1. The number of ether oxygens (including phenoxy) is 2. The van der Waals surface area contributed by atoms with E-state index >= 15 is 0 Å². The molecule has 0 bridgehead atoms. The van der Waals surface area contributed by atoms with Gasteiger partial charge in [-0.15, -0.1) is 0 Å². The number of aromatic nitrogens is 1. The molecule has 2 rings (SSSR count). The van der Waals surface area contributed by atoms with Gasteiger partial charge in [-0.1, -0.05) is 11.6 Å². The number of pyridine rings is 1. The quantitative estimate of drug-likeness (QED) is 0.618. The molecule has 5 nitrogen and oxygen atoms in total. The zero-order valence-corrected chi connectivity index (χ0v) is 10.5. The summed E-state index contributed by atoms with van der Waals surface area (Å²) in [6.45, 7) is 2.25. The minimum Gasteiger partial charge on any atom is -0.492 e. The molecule has 1 aromatic rings. The van der Waals surface area contributed by atoms with Crippen LogP contribution < -0.4 is 9.64 Å². The predicted molar refractivity (Wildman–Crippen MR) is 64.2 cm³/mol. The lowest BCUT2D eigenvalue weighted by Gasteiger charge is -2.29. The molecule has 18 heavy (non-hydrogen) atoms. The standard InChI is InChI=1S/C11H12ClFN2O3/c1-17-9-7(6-16)8(13)10(12)14-11(9)15-2-4-18-5-3-15/h6H,2-5H2,1H3. The van der Waals surface area contributed by atoms with Crippen molar-refractivity contribution < 1.29 is 18.7 Å². The Hall–Kier alpha value is -1.40. The molecule has 7 heteroatoms. The van der Waals surface area contributed by atoms with Gasteiger partial charge >= 0.3 is 0 Å². The zero-order chi connectivity index (χ0) is 13.1. The van der Waals surface area contributed by atoms with Crippen LogP contribution in [0.15, 0.2) is 0 Å². The Morgan fingerprint density at radius 2 is 2.17 bits per heavy atom. The maximum Gasteiger partial charge on any atom is 0.174 e. The molecule has 1 aliphatic heterocycles. The molecule has 1 saturated heterocycles. The van der Waals surface area contributed by atoms with Gasteiger partial charge in [0.2, 0.25) is 0 Å². The highest BCUT2D eigenvalue weighted by atomic mass is 35.5. The van der Waals surface area contributed by atoms with Gasteiger partial charge in [0.25, 0.3) is 0 Å². The second-order valence-electron chi connectivity index (χ2n) is 3.70. The number of hydrogen-bond donors (Lipinski definition) is 0. The average Bonchev–Trinajstić information content (AvgIpc) is 2.42. The summed E-state index contributed by atoms with van der Waals surface area (Å²) in [7, 11) is 1.36. The minimum absolute atomic E-state index is 0.105. The van der Waals surface area contributed by atoms with Gasteiger partial charge in [0.15, 0.2) is 28.8 Å². The van der Waals surface area contributed by atoms with Crippen LogP contribution in [0.2, 0.25) is 5.15 Å². The summed E-state index contributed by atoms with van der Waals surface area (Å²) in [5, 5.41) is -0.334. The van der Waals surface area contributed by atoms with Gasteiger partial charge in [0.05, 0.1) is 25.9 Å². The van der Waals surface area contributed by atoms with Crippen LogP contribution in [0.4, 0.5) is 10.2 Å². The van der Waals surface area contributed by atoms with Crippen molar-refractivity contribution >= 4 is 23.7 Å². The summed E-state index contributed by atoms with van der Waals surface area (Å²) < 4.78 is 23.9. The average molecular weight is 275 g/mol. The summed E-state index contributed by atoms with van der Waals surface area (Å²) >= 11 is 5.69. The van der Waals surface area contributed by atoms with E-state index in [4.69, 9.17) is 21.1 Å². The van der Waals surface area contributed by atoms with Crippen LogP contribution in [0.3, 0.4) is 0 Å². The van der Waals surface area contributed by atoms with Gasteiger partial charge in [0.1, 0.15) is 0 Å². The van der Waals surface area contributed by atoms with Gasteiger partial charge in [-0.25, -0.2) is 9.37 Å². The van der Waals surface area contributed by atoms with E-state index in [1.165, 1.54) is 7.11 Å². The molecule has 0 N–H and O–H groups in total. The third-order valence-corrected chi connectivity index (χ3v) is 2.95. The first kappa shape index (κ1) is 13.0. The number of anilines is 1. The number of carbonyl (C=O) groups excluding carboxylic acids is 1. The van der Waals surface area contributed by atoms with E-state index in [0.717, 1.165) is 0 Å². The third kappa shape index (κ3) is 2.26. The van der Waals surface area contributed by atoms with Crippen LogP contribution >= 0.6 is 11.6 Å². The Labute approximate surface area is 108 Å². The molecule has 0 atom stereocenters. The molecule has 0 radical (unpaired) electrons. The van der Waals surface area contributed by atoms with Crippen molar-refractivity contribution in [1.29, 1.82) is 0 Å². The summed E-state index contributed by atoms with van der Waals surface area (Å²) in [5.74, 6) is -0.386. The minimum atomic E-state index is -0.861. The molecule has 98 valence electrons. The van der Waals surface area contributed by atoms with Crippen LogP contribution in [-0.2, 0) is 4.74 Å². The molecule has 2 heterocycles. The Bertz CT molecular complexity index is 464. The monoisotopic (exact) mass is 274 g/mol. The van der Waals surface area contributed by atoms with Crippen LogP contribution in [0, 0.1) is 5.82 Å². The Morgan fingerprint density at radius 1 is 1.50 bits per heavy atom. The molecule has 0 amide bonds. The first-order valence-electron chi connectivity index (χ1n) is 5.40. The maximum atomic E-state index is 13.6. The van der Waals surface area contributed by atoms with Gasteiger partial charge in [-0.3, -0.25) is 4.79 Å². The van der Waals surface area contributed by atoms with Crippen LogP contribution in [0.5, 0.6) is 5.75 Å². The molecular formula is C11H12ClFN2O3. The van der Waals surface area contributed by atoms with E-state index in [1.807, 2.05) is 4.90 Å². The molecule has 0 unspecified atom stereocenters. The Morgan fingerprint density at radius 3 is 2.72 bits per heavy atom. The van der Waals surface area contributed by atoms with Crippen molar-refractivity contribution in [3.8, 4) is 5.75 Å². The van der Waals surface area contributed by atoms with Gasteiger partial charge < -0.3 is 14.4 Å². The van der Waals surface area contributed by atoms with Crippen molar-refractivity contribution in [3.05, 3.63) is 16.5 Å². The van der Waals surface area contributed by atoms with Gasteiger partial charge in [-0.2, -0.15) is 0 Å². The molecule has 0 aliphatic carbocycles. The second-order valence-corrected chi connectivity index (χ2v) is 4.06. The van der Waals surface area contributed by atoms with E-state index in [-0.39, 0.29) is 16.5 Å². The highest BCUT2D eigenvalue weighted by Crippen LogP contribution is 2.34. The molecule has 1 aromatic heterocycles. The van der Waals surface area contributed by atoms with Crippen LogP contribution in [0.25, 0.3) is 0 Å². The van der Waals surface area contributed by atoms with E-state index in [9.17, 15) is 9.18 Å². The molecule has 1 fully saturated rings. The molecule has 0 spiro atoms. The summed E-state index contributed by atoms with van der Waals surface area (Å²) in [4.78, 5) is 16.7. The highest BCUT2D eigenvalue weighted by Gasteiger charge is 2.24. The normalized spacial score (nSPS) is 15.6. The number of aldehydes is 1. The third-order valence-electron chi connectivity index (χ3n) is 2.70. The number of rotatable bonds is 3. The van der Waals surface area contributed by atoms with Crippen molar-refractivity contribution in [3.63, 3.8) is 0 Å². The van der Waals surface area contributed by atoms with Gasteiger partial charge in [0, 0.05) is 13.1 Å². The number of hydrogen-bond acceptors (Lipinski definition) is 5. The molecule has 0 aromatic carbocycles.